The lowest BCUT2D eigenvalue weighted by Gasteiger charge is -2.10. The number of Topliss-reactive ketones (excluding diaryl/α,β-unsaturated/α-hetero) is 1. The van der Waals surface area contributed by atoms with Crippen molar-refractivity contribution in [3.8, 4) is 11.5 Å². The predicted molar refractivity (Wildman–Crippen MR) is 106 cm³/mol. The van der Waals surface area contributed by atoms with E-state index in [1.165, 1.54) is 6.20 Å². The molecule has 0 saturated carbocycles. The molecular weight excluding hydrogens is 370 g/mol. The first-order chi connectivity index (χ1) is 14.1. The molecule has 0 aliphatic heterocycles. The number of nitrogens with zero attached hydrogens (tertiary/aromatic N) is 1. The van der Waals surface area contributed by atoms with Crippen LogP contribution < -0.4 is 4.74 Å². The summed E-state index contributed by atoms with van der Waals surface area (Å²) in [4.78, 5) is 29.1. The van der Waals surface area contributed by atoms with Crippen molar-refractivity contribution in [1.29, 1.82) is 0 Å². The second-order valence-electron chi connectivity index (χ2n) is 6.34. The number of fused-ring (bicyclic) bond motifs is 1. The third-order valence-electron chi connectivity index (χ3n) is 4.40. The summed E-state index contributed by atoms with van der Waals surface area (Å²) in [6, 6.07) is 17.5. The molecule has 144 valence electrons. The van der Waals surface area contributed by atoms with Gasteiger partial charge in [-0.15, -0.1) is 0 Å². The molecule has 2 aromatic heterocycles. The average molecular weight is 387 g/mol. The van der Waals surface area contributed by atoms with Gasteiger partial charge in [-0.1, -0.05) is 30.3 Å². The van der Waals surface area contributed by atoms with E-state index >= 15 is 0 Å². The van der Waals surface area contributed by atoms with E-state index < -0.39 is 18.4 Å². The van der Waals surface area contributed by atoms with Crippen LogP contribution in [0, 0.1) is 6.92 Å². The Morgan fingerprint density at radius 3 is 2.59 bits per heavy atom. The molecule has 4 rings (SSSR count). The summed E-state index contributed by atoms with van der Waals surface area (Å²) < 4.78 is 16.6. The van der Waals surface area contributed by atoms with Crippen molar-refractivity contribution in [1.82, 2.24) is 4.98 Å². The highest BCUT2D eigenvalue weighted by molar-refractivity contribution is 6.02. The monoisotopic (exact) mass is 387 g/mol. The van der Waals surface area contributed by atoms with Crippen molar-refractivity contribution >= 4 is 22.7 Å². The fourth-order valence-corrected chi connectivity index (χ4v) is 2.97. The van der Waals surface area contributed by atoms with Crippen LogP contribution in [0.5, 0.6) is 11.5 Å². The number of ketones is 1. The standard InChI is InChI=1S/C23H17NO5/c1-15-17-8-2-4-10-20(17)29-22(15)19(25)14-27-23(26)18-9-3-5-11-21(18)28-16-7-6-12-24-13-16/h2-13H,14H2,1H3. The zero-order chi connectivity index (χ0) is 20.2. The molecule has 0 bridgehead atoms. The summed E-state index contributed by atoms with van der Waals surface area (Å²) in [5.41, 5.74) is 1.56. The Kier molecular flexibility index (Phi) is 5.07. The highest BCUT2D eigenvalue weighted by atomic mass is 16.5. The van der Waals surface area contributed by atoms with Crippen LogP contribution in [0.1, 0.15) is 26.5 Å². The molecule has 0 fully saturated rings. The van der Waals surface area contributed by atoms with Gasteiger partial charge >= 0.3 is 5.97 Å². The Hall–Kier alpha value is -3.93. The lowest BCUT2D eigenvalue weighted by molar-refractivity contribution is 0.0465. The number of rotatable bonds is 6. The molecule has 29 heavy (non-hydrogen) atoms. The summed E-state index contributed by atoms with van der Waals surface area (Å²) >= 11 is 0. The fraction of sp³-hybridized carbons (Fsp3) is 0.0870. The van der Waals surface area contributed by atoms with Gasteiger partial charge in [0.15, 0.2) is 12.4 Å². The van der Waals surface area contributed by atoms with Crippen LogP contribution >= 0.6 is 0 Å². The summed E-state index contributed by atoms with van der Waals surface area (Å²) in [6.07, 6.45) is 3.16. The van der Waals surface area contributed by atoms with Crippen LogP contribution in [-0.2, 0) is 4.74 Å². The van der Waals surface area contributed by atoms with Crippen molar-refractivity contribution in [3.05, 3.63) is 89.9 Å². The van der Waals surface area contributed by atoms with Gasteiger partial charge in [-0.05, 0) is 37.3 Å². The molecule has 0 aliphatic rings. The van der Waals surface area contributed by atoms with Crippen LogP contribution in [0.4, 0.5) is 0 Å². The molecular formula is C23H17NO5. The molecule has 2 heterocycles. The summed E-state index contributed by atoms with van der Waals surface area (Å²) in [6.45, 7) is 1.37. The normalized spacial score (nSPS) is 10.7. The van der Waals surface area contributed by atoms with Crippen molar-refractivity contribution in [2.75, 3.05) is 6.61 Å². The van der Waals surface area contributed by atoms with E-state index in [1.807, 2.05) is 18.2 Å². The Morgan fingerprint density at radius 2 is 1.79 bits per heavy atom. The molecule has 0 saturated heterocycles. The second-order valence-corrected chi connectivity index (χ2v) is 6.34. The van der Waals surface area contributed by atoms with Crippen LogP contribution in [0.15, 0.2) is 77.5 Å². The molecule has 0 radical (unpaired) electrons. The lowest BCUT2D eigenvalue weighted by atomic mass is 10.1. The Bertz CT molecular complexity index is 1180. The maximum Gasteiger partial charge on any atom is 0.342 e. The molecule has 0 spiro atoms. The van der Waals surface area contributed by atoms with Crippen LogP contribution in [0.3, 0.4) is 0 Å². The minimum Gasteiger partial charge on any atom is -0.455 e. The number of ether oxygens (including phenoxy) is 2. The van der Waals surface area contributed by atoms with E-state index in [-0.39, 0.29) is 11.3 Å². The number of carbonyl (C=O) groups is 2. The maximum absolute atomic E-state index is 12.5. The van der Waals surface area contributed by atoms with Crippen molar-refractivity contribution in [3.63, 3.8) is 0 Å². The lowest BCUT2D eigenvalue weighted by Crippen LogP contribution is -2.15. The van der Waals surface area contributed by atoms with Crippen molar-refractivity contribution < 1.29 is 23.5 Å². The zero-order valence-electron chi connectivity index (χ0n) is 15.6. The van der Waals surface area contributed by atoms with Gasteiger partial charge in [0.25, 0.3) is 0 Å². The topological polar surface area (TPSA) is 78.6 Å². The number of esters is 1. The number of aryl methyl sites for hydroxylation is 1. The molecule has 0 N–H and O–H groups in total. The second kappa shape index (κ2) is 7.98. The molecule has 6 nitrogen and oxygen atoms in total. The number of hydrogen-bond acceptors (Lipinski definition) is 6. The first-order valence-electron chi connectivity index (χ1n) is 8.99. The molecule has 2 aromatic carbocycles. The van der Waals surface area contributed by atoms with Crippen molar-refractivity contribution in [2.24, 2.45) is 0 Å². The van der Waals surface area contributed by atoms with E-state index in [0.717, 1.165) is 10.9 Å². The Labute approximate surface area is 166 Å². The quantitative estimate of drug-likeness (QED) is 0.343. The first kappa shape index (κ1) is 18.4. The highest BCUT2D eigenvalue weighted by Crippen LogP contribution is 2.27. The SMILES string of the molecule is Cc1c(C(=O)COC(=O)c2ccccc2Oc2cccnc2)oc2ccccc12. The van der Waals surface area contributed by atoms with Gasteiger partial charge in [0.05, 0.1) is 6.20 Å². The molecule has 4 aromatic rings. The minimum absolute atomic E-state index is 0.193. The summed E-state index contributed by atoms with van der Waals surface area (Å²) in [5, 5.41) is 0.859. The third-order valence-corrected chi connectivity index (χ3v) is 4.40. The first-order valence-corrected chi connectivity index (χ1v) is 8.99. The molecule has 0 aliphatic carbocycles. The third kappa shape index (κ3) is 3.87. The molecule has 6 heteroatoms. The predicted octanol–water partition coefficient (Wildman–Crippen LogP) is 4.97. The molecule has 0 amide bonds. The number of hydrogen-bond donors (Lipinski definition) is 0. The number of aromatic nitrogens is 1. The van der Waals surface area contributed by atoms with Gasteiger partial charge in [0.1, 0.15) is 22.6 Å². The van der Waals surface area contributed by atoms with Crippen LogP contribution in [-0.4, -0.2) is 23.3 Å². The van der Waals surface area contributed by atoms with Gasteiger partial charge in [-0.25, -0.2) is 4.79 Å². The van der Waals surface area contributed by atoms with Gasteiger partial charge in [0.2, 0.25) is 5.78 Å². The number of benzene rings is 2. The molecule has 0 atom stereocenters. The van der Waals surface area contributed by atoms with Crippen molar-refractivity contribution in [2.45, 2.75) is 6.92 Å². The van der Waals surface area contributed by atoms with Gasteiger partial charge in [-0.3, -0.25) is 9.78 Å². The molecule has 0 unspecified atom stereocenters. The van der Waals surface area contributed by atoms with Gasteiger partial charge < -0.3 is 13.9 Å². The Balaban J connectivity index is 1.48. The van der Waals surface area contributed by atoms with E-state index in [1.54, 1.807) is 55.6 Å². The highest BCUT2D eigenvalue weighted by Gasteiger charge is 2.21. The number of furan rings is 1. The smallest absolute Gasteiger partial charge is 0.342 e. The maximum atomic E-state index is 12.5. The largest absolute Gasteiger partial charge is 0.455 e. The zero-order valence-corrected chi connectivity index (χ0v) is 15.6. The fourth-order valence-electron chi connectivity index (χ4n) is 2.97. The number of carbonyl (C=O) groups excluding carboxylic acids is 2. The van der Waals surface area contributed by atoms with Crippen LogP contribution in [0.2, 0.25) is 0 Å². The average Bonchev–Trinajstić information content (AvgIpc) is 3.10. The van der Waals surface area contributed by atoms with Gasteiger partial charge in [-0.2, -0.15) is 0 Å². The van der Waals surface area contributed by atoms with E-state index in [2.05, 4.69) is 4.98 Å². The minimum atomic E-state index is -0.661. The Morgan fingerprint density at radius 1 is 1.00 bits per heavy atom. The van der Waals surface area contributed by atoms with E-state index in [4.69, 9.17) is 13.9 Å². The summed E-state index contributed by atoms with van der Waals surface area (Å²) in [5.74, 6) is -0.0669. The number of pyridine rings is 1. The van der Waals surface area contributed by atoms with E-state index in [9.17, 15) is 9.59 Å². The van der Waals surface area contributed by atoms with Gasteiger partial charge in [0, 0.05) is 17.1 Å². The van der Waals surface area contributed by atoms with E-state index in [0.29, 0.717) is 17.1 Å². The summed E-state index contributed by atoms with van der Waals surface area (Å²) in [7, 11) is 0. The van der Waals surface area contributed by atoms with Crippen LogP contribution in [0.25, 0.3) is 11.0 Å². The number of para-hydroxylation sites is 2.